The first-order valence-corrected chi connectivity index (χ1v) is 10.6. The summed E-state index contributed by atoms with van der Waals surface area (Å²) in [5.74, 6) is 2.07. The van der Waals surface area contributed by atoms with Crippen molar-refractivity contribution in [1.29, 1.82) is 0 Å². The highest BCUT2D eigenvalue weighted by Crippen LogP contribution is 2.42. The summed E-state index contributed by atoms with van der Waals surface area (Å²) in [6.07, 6.45) is 1.42. The molecule has 2 heterocycles. The number of allylic oxidation sites excluding steroid dienone is 1. The number of hydrogen-bond acceptors (Lipinski definition) is 8. The fraction of sp³-hybridized carbons (Fsp3) is 0.261. The van der Waals surface area contributed by atoms with E-state index in [1.54, 1.807) is 50.1 Å². The van der Waals surface area contributed by atoms with Crippen molar-refractivity contribution in [3.63, 3.8) is 0 Å². The van der Waals surface area contributed by atoms with E-state index in [0.29, 0.717) is 56.5 Å². The number of anilines is 2. The first kappa shape index (κ1) is 23.2. The van der Waals surface area contributed by atoms with Crippen molar-refractivity contribution >= 4 is 29.1 Å². The minimum absolute atomic E-state index is 0.360. The molecule has 2 N–H and O–H groups in total. The zero-order valence-electron chi connectivity index (χ0n) is 19.3. The fourth-order valence-corrected chi connectivity index (χ4v) is 4.10. The van der Waals surface area contributed by atoms with Gasteiger partial charge in [-0.1, -0.05) is 11.6 Å². The quantitative estimate of drug-likeness (QED) is 0.518. The SMILES string of the molecule is COc1ccc(OC)c([C@H]2C(C(=O)Nc3cc(OC)c(Cl)cc3OC)=C(C)Nc3ncnn32)c1. The van der Waals surface area contributed by atoms with Gasteiger partial charge in [-0.15, -0.1) is 0 Å². The molecule has 1 aliphatic heterocycles. The van der Waals surface area contributed by atoms with Crippen LogP contribution in [-0.4, -0.2) is 49.1 Å². The summed E-state index contributed by atoms with van der Waals surface area (Å²) in [7, 11) is 6.13. The van der Waals surface area contributed by atoms with Gasteiger partial charge in [-0.2, -0.15) is 10.1 Å². The summed E-state index contributed by atoms with van der Waals surface area (Å²) in [5, 5.41) is 10.8. The maximum absolute atomic E-state index is 13.7. The number of nitrogens with zero attached hydrogens (tertiary/aromatic N) is 3. The maximum Gasteiger partial charge on any atom is 0.255 e. The van der Waals surface area contributed by atoms with Gasteiger partial charge in [-0.3, -0.25) is 4.79 Å². The van der Waals surface area contributed by atoms with Gasteiger partial charge in [0, 0.05) is 23.4 Å². The lowest BCUT2D eigenvalue weighted by Crippen LogP contribution is -2.31. The average molecular weight is 486 g/mol. The van der Waals surface area contributed by atoms with Gasteiger partial charge in [-0.05, 0) is 25.1 Å². The van der Waals surface area contributed by atoms with Crippen LogP contribution in [0.2, 0.25) is 5.02 Å². The summed E-state index contributed by atoms with van der Waals surface area (Å²) in [6, 6.07) is 7.91. The molecular formula is C23H24ClN5O5. The number of benzene rings is 2. The number of carbonyl (C=O) groups excluding carboxylic acids is 1. The van der Waals surface area contributed by atoms with E-state index in [2.05, 4.69) is 20.7 Å². The summed E-state index contributed by atoms with van der Waals surface area (Å²) >= 11 is 6.22. The smallest absolute Gasteiger partial charge is 0.255 e. The molecule has 0 spiro atoms. The molecule has 11 heteroatoms. The highest BCUT2D eigenvalue weighted by molar-refractivity contribution is 6.32. The van der Waals surface area contributed by atoms with Crippen LogP contribution in [0.15, 0.2) is 47.9 Å². The van der Waals surface area contributed by atoms with Gasteiger partial charge in [0.15, 0.2) is 0 Å². The van der Waals surface area contributed by atoms with Crippen LogP contribution < -0.4 is 29.6 Å². The molecular weight excluding hydrogens is 462 g/mol. The Balaban J connectivity index is 1.83. The third kappa shape index (κ3) is 4.08. The molecule has 4 rings (SSSR count). The van der Waals surface area contributed by atoms with E-state index in [-0.39, 0.29) is 5.91 Å². The van der Waals surface area contributed by atoms with Crippen molar-refractivity contribution < 1.29 is 23.7 Å². The number of methoxy groups -OCH3 is 4. The number of halogens is 1. The molecule has 1 amide bonds. The Morgan fingerprint density at radius 2 is 1.76 bits per heavy atom. The van der Waals surface area contributed by atoms with E-state index in [4.69, 9.17) is 30.5 Å². The van der Waals surface area contributed by atoms with Gasteiger partial charge in [-0.25, -0.2) is 4.68 Å². The van der Waals surface area contributed by atoms with Gasteiger partial charge in [0.2, 0.25) is 5.95 Å². The molecule has 1 atom stereocenters. The van der Waals surface area contributed by atoms with Gasteiger partial charge < -0.3 is 29.6 Å². The molecule has 0 bridgehead atoms. The van der Waals surface area contributed by atoms with E-state index in [1.807, 2.05) is 6.07 Å². The Morgan fingerprint density at radius 1 is 1.03 bits per heavy atom. The van der Waals surface area contributed by atoms with Crippen LogP contribution in [0.3, 0.4) is 0 Å². The van der Waals surface area contributed by atoms with E-state index in [9.17, 15) is 4.79 Å². The Labute approximate surface area is 201 Å². The maximum atomic E-state index is 13.7. The first-order chi connectivity index (χ1) is 16.4. The molecule has 1 aromatic heterocycles. The normalized spacial score (nSPS) is 14.7. The van der Waals surface area contributed by atoms with Crippen molar-refractivity contribution in [3.05, 3.63) is 58.5 Å². The lowest BCUT2D eigenvalue weighted by atomic mass is 9.94. The van der Waals surface area contributed by atoms with Crippen molar-refractivity contribution in [1.82, 2.24) is 14.8 Å². The molecule has 0 fully saturated rings. The predicted molar refractivity (Wildman–Crippen MR) is 127 cm³/mol. The number of nitrogens with one attached hydrogen (secondary N) is 2. The van der Waals surface area contributed by atoms with E-state index in [0.717, 1.165) is 0 Å². The van der Waals surface area contributed by atoms with Crippen LogP contribution in [0, 0.1) is 0 Å². The number of amides is 1. The topological polar surface area (TPSA) is 109 Å². The van der Waals surface area contributed by atoms with Gasteiger partial charge in [0.05, 0.1) is 44.7 Å². The van der Waals surface area contributed by atoms with Crippen LogP contribution in [0.5, 0.6) is 23.0 Å². The monoisotopic (exact) mass is 485 g/mol. The molecule has 178 valence electrons. The molecule has 0 saturated heterocycles. The van der Waals surface area contributed by atoms with E-state index in [1.165, 1.54) is 20.5 Å². The van der Waals surface area contributed by atoms with Gasteiger partial charge in [0.25, 0.3) is 5.91 Å². The third-order valence-corrected chi connectivity index (χ3v) is 5.79. The average Bonchev–Trinajstić information content (AvgIpc) is 3.31. The molecule has 0 aliphatic carbocycles. The molecule has 0 saturated carbocycles. The Bertz CT molecular complexity index is 1270. The lowest BCUT2D eigenvalue weighted by Gasteiger charge is -2.30. The van der Waals surface area contributed by atoms with Crippen molar-refractivity contribution in [2.24, 2.45) is 0 Å². The third-order valence-electron chi connectivity index (χ3n) is 5.49. The van der Waals surface area contributed by atoms with Crippen LogP contribution in [0.1, 0.15) is 18.5 Å². The fourth-order valence-electron chi connectivity index (χ4n) is 3.87. The Morgan fingerprint density at radius 3 is 2.44 bits per heavy atom. The van der Waals surface area contributed by atoms with Crippen LogP contribution >= 0.6 is 11.6 Å². The number of fused-ring (bicyclic) bond motifs is 1. The highest BCUT2D eigenvalue weighted by Gasteiger charge is 2.35. The number of ether oxygens (including phenoxy) is 4. The molecule has 3 aromatic rings. The first-order valence-electron chi connectivity index (χ1n) is 10.2. The number of hydrogen-bond donors (Lipinski definition) is 2. The molecule has 2 aromatic carbocycles. The van der Waals surface area contributed by atoms with Crippen molar-refractivity contribution in [2.75, 3.05) is 39.1 Å². The lowest BCUT2D eigenvalue weighted by molar-refractivity contribution is -0.113. The van der Waals surface area contributed by atoms with E-state index < -0.39 is 6.04 Å². The molecule has 0 radical (unpaired) electrons. The minimum atomic E-state index is -0.649. The standard InChI is InChI=1S/C23H24ClN5O5/c1-12-20(22(30)28-16-10-18(33-4)15(24)9-19(16)34-5)21(29-23(27-12)25-11-26-29)14-8-13(31-2)6-7-17(14)32-3/h6-11,21H,1-5H3,(H,28,30)(H,25,26,27)/t21-/m0/s1. The second-order valence-electron chi connectivity index (χ2n) is 7.34. The van der Waals surface area contributed by atoms with Crippen LogP contribution in [0.4, 0.5) is 11.6 Å². The van der Waals surface area contributed by atoms with E-state index >= 15 is 0 Å². The van der Waals surface area contributed by atoms with Crippen molar-refractivity contribution in [2.45, 2.75) is 13.0 Å². The number of rotatable bonds is 7. The second-order valence-corrected chi connectivity index (χ2v) is 7.75. The highest BCUT2D eigenvalue weighted by atomic mass is 35.5. The molecule has 0 unspecified atom stereocenters. The Hall–Kier alpha value is -3.92. The zero-order chi connectivity index (χ0) is 24.4. The molecule has 10 nitrogen and oxygen atoms in total. The molecule has 1 aliphatic rings. The summed E-state index contributed by atoms with van der Waals surface area (Å²) in [6.45, 7) is 1.80. The van der Waals surface area contributed by atoms with Gasteiger partial charge >= 0.3 is 0 Å². The van der Waals surface area contributed by atoms with Crippen LogP contribution in [0.25, 0.3) is 0 Å². The second kappa shape index (κ2) is 9.52. The van der Waals surface area contributed by atoms with Crippen molar-refractivity contribution in [3.8, 4) is 23.0 Å². The zero-order valence-corrected chi connectivity index (χ0v) is 20.1. The predicted octanol–water partition coefficient (Wildman–Crippen LogP) is 3.89. The Kier molecular flexibility index (Phi) is 6.51. The van der Waals surface area contributed by atoms with Gasteiger partial charge in [0.1, 0.15) is 35.4 Å². The number of aromatic nitrogens is 3. The van der Waals surface area contributed by atoms with Crippen LogP contribution in [-0.2, 0) is 4.79 Å². The number of carbonyl (C=O) groups is 1. The molecule has 34 heavy (non-hydrogen) atoms. The largest absolute Gasteiger partial charge is 0.497 e. The summed E-state index contributed by atoms with van der Waals surface area (Å²) < 4.78 is 23.4. The summed E-state index contributed by atoms with van der Waals surface area (Å²) in [4.78, 5) is 18.0. The minimum Gasteiger partial charge on any atom is -0.497 e. The summed E-state index contributed by atoms with van der Waals surface area (Å²) in [5.41, 5.74) is 2.09.